The van der Waals surface area contributed by atoms with Gasteiger partial charge in [-0.15, -0.1) is 0 Å². The Morgan fingerprint density at radius 2 is 1.49 bits per heavy atom. The number of hydrogen-bond acceptors (Lipinski definition) is 5. The highest BCUT2D eigenvalue weighted by molar-refractivity contribution is 6.05. The highest BCUT2D eigenvalue weighted by atomic mass is 16.5. The summed E-state index contributed by atoms with van der Waals surface area (Å²) in [6, 6.07) is 21.0. The molecular formula is C29H31NO5. The average molecular weight is 474 g/mol. The smallest absolute Gasteiger partial charge is 0.289 e. The van der Waals surface area contributed by atoms with Crippen LogP contribution < -0.4 is 14.2 Å². The van der Waals surface area contributed by atoms with Crippen molar-refractivity contribution in [2.45, 2.75) is 25.8 Å². The minimum absolute atomic E-state index is 0.216. The van der Waals surface area contributed by atoms with Crippen molar-refractivity contribution >= 4 is 11.5 Å². The molecule has 1 heterocycles. The van der Waals surface area contributed by atoms with Crippen LogP contribution in [-0.4, -0.2) is 43.8 Å². The summed E-state index contributed by atoms with van der Waals surface area (Å²) < 4.78 is 16.0. The molecule has 0 spiro atoms. The molecule has 0 unspecified atom stereocenters. The molecular weight excluding hydrogens is 442 g/mol. The fourth-order valence-corrected chi connectivity index (χ4v) is 4.52. The van der Waals surface area contributed by atoms with Gasteiger partial charge < -0.3 is 24.2 Å². The summed E-state index contributed by atoms with van der Waals surface area (Å²) in [5.74, 6) is 1.42. The SMILES string of the molecule is CCc1ccc([C@@H]2C(c3ccc(OC)cc3)=C(O)C(=O)N2CCc2ccc(OC)c(OC)c2)cc1. The predicted molar refractivity (Wildman–Crippen MR) is 136 cm³/mol. The van der Waals surface area contributed by atoms with Crippen molar-refractivity contribution in [1.29, 1.82) is 0 Å². The molecule has 3 aromatic rings. The van der Waals surface area contributed by atoms with Gasteiger partial charge in [0.15, 0.2) is 17.3 Å². The normalized spacial score (nSPS) is 15.5. The number of ether oxygens (including phenoxy) is 3. The van der Waals surface area contributed by atoms with Gasteiger partial charge in [-0.25, -0.2) is 0 Å². The Morgan fingerprint density at radius 1 is 0.829 bits per heavy atom. The van der Waals surface area contributed by atoms with Crippen LogP contribution in [0, 0.1) is 0 Å². The molecule has 4 rings (SSSR count). The molecule has 1 aliphatic rings. The highest BCUT2D eigenvalue weighted by Crippen LogP contribution is 2.43. The summed E-state index contributed by atoms with van der Waals surface area (Å²) in [5.41, 5.74) is 4.57. The van der Waals surface area contributed by atoms with Crippen LogP contribution in [0.4, 0.5) is 0 Å². The lowest BCUT2D eigenvalue weighted by Crippen LogP contribution is -2.32. The molecule has 182 valence electrons. The number of aliphatic hydroxyl groups excluding tert-OH is 1. The summed E-state index contributed by atoms with van der Waals surface area (Å²) in [6.07, 6.45) is 1.53. The minimum atomic E-state index is -0.401. The third kappa shape index (κ3) is 4.83. The number of carbonyl (C=O) groups is 1. The molecule has 1 atom stereocenters. The van der Waals surface area contributed by atoms with E-state index in [9.17, 15) is 9.90 Å². The van der Waals surface area contributed by atoms with Gasteiger partial charge >= 0.3 is 0 Å². The first-order valence-corrected chi connectivity index (χ1v) is 11.7. The fourth-order valence-electron chi connectivity index (χ4n) is 4.52. The van der Waals surface area contributed by atoms with Gasteiger partial charge in [0.25, 0.3) is 5.91 Å². The molecule has 35 heavy (non-hydrogen) atoms. The quantitative estimate of drug-likeness (QED) is 0.453. The third-order valence-corrected chi connectivity index (χ3v) is 6.50. The zero-order chi connectivity index (χ0) is 24.9. The molecule has 0 aliphatic carbocycles. The molecule has 6 heteroatoms. The fraction of sp³-hybridized carbons (Fsp3) is 0.276. The topological polar surface area (TPSA) is 68.2 Å². The highest BCUT2D eigenvalue weighted by Gasteiger charge is 2.40. The van der Waals surface area contributed by atoms with E-state index in [1.165, 1.54) is 5.56 Å². The van der Waals surface area contributed by atoms with Crippen molar-refractivity contribution in [3.63, 3.8) is 0 Å². The Morgan fingerprint density at radius 3 is 2.09 bits per heavy atom. The van der Waals surface area contributed by atoms with Gasteiger partial charge in [0.1, 0.15) is 5.75 Å². The zero-order valence-electron chi connectivity index (χ0n) is 20.6. The number of aryl methyl sites for hydroxylation is 1. The number of benzene rings is 3. The van der Waals surface area contributed by atoms with E-state index >= 15 is 0 Å². The van der Waals surface area contributed by atoms with E-state index in [4.69, 9.17) is 14.2 Å². The van der Waals surface area contributed by atoms with E-state index in [1.807, 2.05) is 54.6 Å². The van der Waals surface area contributed by atoms with Crippen LogP contribution in [-0.2, 0) is 17.6 Å². The molecule has 1 N–H and O–H groups in total. The van der Waals surface area contributed by atoms with Crippen molar-refractivity contribution in [2.24, 2.45) is 0 Å². The molecule has 1 amide bonds. The molecule has 0 bridgehead atoms. The van der Waals surface area contributed by atoms with Crippen LogP contribution in [0.15, 0.2) is 72.5 Å². The number of rotatable bonds is 9. The van der Waals surface area contributed by atoms with Crippen LogP contribution in [0.3, 0.4) is 0 Å². The van der Waals surface area contributed by atoms with Crippen LogP contribution in [0.5, 0.6) is 17.2 Å². The standard InChI is InChI=1S/C29H31NO5/c1-5-19-6-9-22(10-7-19)27-26(21-11-13-23(33-2)14-12-21)28(31)29(32)30(27)17-16-20-8-15-24(34-3)25(18-20)35-4/h6-15,18,27,31H,5,16-17H2,1-4H3/t27-/m1/s1. The van der Waals surface area contributed by atoms with Gasteiger partial charge in [0.05, 0.1) is 27.4 Å². The average Bonchev–Trinajstić information content (AvgIpc) is 3.16. The van der Waals surface area contributed by atoms with Crippen molar-refractivity contribution in [1.82, 2.24) is 4.90 Å². The van der Waals surface area contributed by atoms with Gasteiger partial charge in [-0.1, -0.05) is 49.4 Å². The molecule has 0 aromatic heterocycles. The summed E-state index contributed by atoms with van der Waals surface area (Å²) in [7, 11) is 4.81. The van der Waals surface area contributed by atoms with Crippen LogP contribution >= 0.6 is 0 Å². The number of hydrogen-bond donors (Lipinski definition) is 1. The van der Waals surface area contributed by atoms with Gasteiger partial charge in [-0.3, -0.25) is 4.79 Å². The lowest BCUT2D eigenvalue weighted by Gasteiger charge is -2.28. The molecule has 3 aromatic carbocycles. The predicted octanol–water partition coefficient (Wildman–Crippen LogP) is 5.37. The van der Waals surface area contributed by atoms with Crippen molar-refractivity contribution in [3.8, 4) is 17.2 Å². The molecule has 0 saturated carbocycles. The minimum Gasteiger partial charge on any atom is -0.503 e. The molecule has 0 fully saturated rings. The van der Waals surface area contributed by atoms with Gasteiger partial charge in [0, 0.05) is 12.1 Å². The summed E-state index contributed by atoms with van der Waals surface area (Å²) >= 11 is 0. The third-order valence-electron chi connectivity index (χ3n) is 6.50. The Bertz CT molecular complexity index is 1210. The van der Waals surface area contributed by atoms with Crippen molar-refractivity contribution in [3.05, 3.63) is 94.7 Å². The van der Waals surface area contributed by atoms with E-state index in [2.05, 4.69) is 19.1 Å². The zero-order valence-corrected chi connectivity index (χ0v) is 20.6. The maximum absolute atomic E-state index is 13.3. The number of amides is 1. The van der Waals surface area contributed by atoms with Gasteiger partial charge in [-0.05, 0) is 59.4 Å². The van der Waals surface area contributed by atoms with Crippen LogP contribution in [0.2, 0.25) is 0 Å². The number of nitrogens with zero attached hydrogens (tertiary/aromatic N) is 1. The monoisotopic (exact) mass is 473 g/mol. The van der Waals surface area contributed by atoms with Gasteiger partial charge in [-0.2, -0.15) is 0 Å². The van der Waals surface area contributed by atoms with Crippen molar-refractivity contribution < 1.29 is 24.1 Å². The maximum atomic E-state index is 13.3. The molecule has 6 nitrogen and oxygen atoms in total. The second kappa shape index (κ2) is 10.6. The number of carbonyl (C=O) groups excluding carboxylic acids is 1. The van der Waals surface area contributed by atoms with Crippen LogP contribution in [0.1, 0.15) is 35.2 Å². The lowest BCUT2D eigenvalue weighted by molar-refractivity contribution is -0.129. The number of aliphatic hydroxyl groups is 1. The summed E-state index contributed by atoms with van der Waals surface area (Å²) in [6.45, 7) is 2.54. The molecule has 0 radical (unpaired) electrons. The van der Waals surface area contributed by atoms with E-state index in [0.717, 1.165) is 23.1 Å². The summed E-state index contributed by atoms with van der Waals surface area (Å²) in [4.78, 5) is 15.1. The van der Waals surface area contributed by atoms with Gasteiger partial charge in [0.2, 0.25) is 0 Å². The Labute approximate surface area is 206 Å². The first kappa shape index (κ1) is 24.2. The number of methoxy groups -OCH3 is 3. The van der Waals surface area contributed by atoms with E-state index in [1.54, 1.807) is 26.2 Å². The van der Waals surface area contributed by atoms with Crippen LogP contribution in [0.25, 0.3) is 5.57 Å². The second-order valence-corrected chi connectivity index (χ2v) is 8.43. The first-order valence-electron chi connectivity index (χ1n) is 11.7. The largest absolute Gasteiger partial charge is 0.503 e. The van der Waals surface area contributed by atoms with E-state index in [0.29, 0.717) is 35.8 Å². The summed E-state index contributed by atoms with van der Waals surface area (Å²) in [5, 5.41) is 11.0. The maximum Gasteiger partial charge on any atom is 0.289 e. The Balaban J connectivity index is 1.69. The molecule has 0 saturated heterocycles. The van der Waals surface area contributed by atoms with E-state index in [-0.39, 0.29) is 11.7 Å². The lowest BCUT2D eigenvalue weighted by atomic mass is 9.92. The Hall–Kier alpha value is -3.93. The van der Waals surface area contributed by atoms with E-state index < -0.39 is 6.04 Å². The second-order valence-electron chi connectivity index (χ2n) is 8.43. The first-order chi connectivity index (χ1) is 17.0. The van der Waals surface area contributed by atoms with Crippen molar-refractivity contribution in [2.75, 3.05) is 27.9 Å². The Kier molecular flexibility index (Phi) is 7.30. The molecule has 1 aliphatic heterocycles.